The number of benzene rings is 1. The van der Waals surface area contributed by atoms with E-state index in [2.05, 4.69) is 46.8 Å². The molecule has 0 spiro atoms. The number of rotatable bonds is 3. The largest absolute Gasteiger partial charge is 0.338 e. The van der Waals surface area contributed by atoms with Crippen molar-refractivity contribution in [1.29, 1.82) is 0 Å². The number of aryl methyl sites for hydroxylation is 1. The number of aromatic nitrogens is 3. The van der Waals surface area contributed by atoms with Crippen LogP contribution < -0.4 is 4.90 Å². The topological polar surface area (TPSA) is 45.2 Å². The maximum atomic E-state index is 4.77. The number of piperazine rings is 1. The highest BCUT2D eigenvalue weighted by Gasteiger charge is 2.23. The van der Waals surface area contributed by atoms with Crippen molar-refractivity contribution in [3.05, 3.63) is 60.0 Å². The van der Waals surface area contributed by atoms with Crippen LogP contribution in [0, 0.1) is 6.92 Å². The van der Waals surface area contributed by atoms with E-state index in [4.69, 9.17) is 9.97 Å². The zero-order valence-electron chi connectivity index (χ0n) is 14.8. The molecule has 2 aromatic heterocycles. The molecule has 0 amide bonds. The molecule has 0 saturated carbocycles. The van der Waals surface area contributed by atoms with E-state index >= 15 is 0 Å². The molecule has 0 bridgehead atoms. The smallest absolute Gasteiger partial charge is 0.226 e. The fourth-order valence-corrected chi connectivity index (χ4v) is 3.50. The van der Waals surface area contributed by atoms with Crippen molar-refractivity contribution in [2.75, 3.05) is 31.1 Å². The van der Waals surface area contributed by atoms with E-state index in [0.29, 0.717) is 6.04 Å². The van der Waals surface area contributed by atoms with Gasteiger partial charge in [-0.25, -0.2) is 9.97 Å². The van der Waals surface area contributed by atoms with Crippen molar-refractivity contribution in [2.24, 2.45) is 0 Å². The van der Waals surface area contributed by atoms with Gasteiger partial charge in [0, 0.05) is 50.0 Å². The summed E-state index contributed by atoms with van der Waals surface area (Å²) in [6.45, 7) is 8.22. The molecule has 1 fully saturated rings. The first-order chi connectivity index (χ1) is 12.2. The molecule has 5 nitrogen and oxygen atoms in total. The third-order valence-corrected chi connectivity index (χ3v) is 5.09. The fourth-order valence-electron chi connectivity index (χ4n) is 3.50. The van der Waals surface area contributed by atoms with Gasteiger partial charge in [0.25, 0.3) is 0 Å². The van der Waals surface area contributed by atoms with E-state index in [1.54, 1.807) is 0 Å². The first-order valence-corrected chi connectivity index (χ1v) is 8.84. The van der Waals surface area contributed by atoms with Crippen molar-refractivity contribution in [3.63, 3.8) is 0 Å². The molecule has 0 radical (unpaired) electrons. The number of pyridine rings is 1. The lowest BCUT2D eigenvalue weighted by Crippen LogP contribution is -2.47. The highest BCUT2D eigenvalue weighted by atomic mass is 15.3. The normalized spacial score (nSPS) is 17.0. The van der Waals surface area contributed by atoms with Gasteiger partial charge < -0.3 is 4.90 Å². The first-order valence-electron chi connectivity index (χ1n) is 8.84. The Morgan fingerprint density at radius 3 is 2.52 bits per heavy atom. The summed E-state index contributed by atoms with van der Waals surface area (Å²) in [5, 5.41) is 1.13. The molecule has 0 aliphatic carbocycles. The van der Waals surface area contributed by atoms with Crippen LogP contribution in [-0.2, 0) is 0 Å². The molecular formula is C20H23N5. The molecule has 1 aliphatic heterocycles. The molecule has 0 N–H and O–H groups in total. The molecule has 1 unspecified atom stereocenters. The lowest BCUT2D eigenvalue weighted by Gasteiger charge is -2.38. The summed E-state index contributed by atoms with van der Waals surface area (Å²) in [5.74, 6) is 0.852. The maximum Gasteiger partial charge on any atom is 0.226 e. The van der Waals surface area contributed by atoms with Crippen LogP contribution in [0.4, 0.5) is 5.95 Å². The van der Waals surface area contributed by atoms with Crippen molar-refractivity contribution >= 4 is 16.9 Å². The number of para-hydroxylation sites is 1. The molecular weight excluding hydrogens is 310 g/mol. The van der Waals surface area contributed by atoms with Gasteiger partial charge in [-0.3, -0.25) is 9.88 Å². The molecule has 25 heavy (non-hydrogen) atoms. The summed E-state index contributed by atoms with van der Waals surface area (Å²) in [7, 11) is 0. The standard InChI is InChI=1S/C20H23N5/c1-15-18-7-3-4-8-19(18)23-20(22-15)25-12-10-24(11-13-25)16(2)17-6-5-9-21-14-17/h3-9,14,16H,10-13H2,1-2H3. The van der Waals surface area contributed by atoms with Gasteiger partial charge in [0.05, 0.1) is 11.2 Å². The van der Waals surface area contributed by atoms with E-state index in [1.807, 2.05) is 30.6 Å². The van der Waals surface area contributed by atoms with Crippen molar-refractivity contribution in [2.45, 2.75) is 19.9 Å². The lowest BCUT2D eigenvalue weighted by molar-refractivity contribution is 0.197. The minimum atomic E-state index is 0.384. The van der Waals surface area contributed by atoms with Gasteiger partial charge in [-0.15, -0.1) is 0 Å². The van der Waals surface area contributed by atoms with Crippen LogP contribution in [0.5, 0.6) is 0 Å². The van der Waals surface area contributed by atoms with Crippen molar-refractivity contribution in [3.8, 4) is 0 Å². The summed E-state index contributed by atoms with van der Waals surface area (Å²) < 4.78 is 0. The fraction of sp³-hybridized carbons (Fsp3) is 0.350. The molecule has 5 heteroatoms. The van der Waals surface area contributed by atoms with Gasteiger partial charge in [0.15, 0.2) is 0 Å². The van der Waals surface area contributed by atoms with Gasteiger partial charge in [0.1, 0.15) is 0 Å². The predicted molar refractivity (Wildman–Crippen MR) is 101 cm³/mol. The Balaban J connectivity index is 1.49. The lowest BCUT2D eigenvalue weighted by atomic mass is 10.1. The second kappa shape index (κ2) is 6.76. The number of fused-ring (bicyclic) bond motifs is 1. The zero-order chi connectivity index (χ0) is 17.2. The number of anilines is 1. The van der Waals surface area contributed by atoms with E-state index in [9.17, 15) is 0 Å². The molecule has 128 valence electrons. The van der Waals surface area contributed by atoms with E-state index in [0.717, 1.165) is 48.7 Å². The average Bonchev–Trinajstić information content (AvgIpc) is 2.68. The van der Waals surface area contributed by atoms with Crippen LogP contribution in [0.2, 0.25) is 0 Å². The van der Waals surface area contributed by atoms with Crippen LogP contribution in [0.1, 0.15) is 24.2 Å². The Morgan fingerprint density at radius 2 is 1.76 bits per heavy atom. The van der Waals surface area contributed by atoms with E-state index in [1.165, 1.54) is 5.56 Å². The highest BCUT2D eigenvalue weighted by Crippen LogP contribution is 2.23. The molecule has 4 rings (SSSR count). The highest BCUT2D eigenvalue weighted by molar-refractivity contribution is 5.81. The minimum Gasteiger partial charge on any atom is -0.338 e. The molecule has 1 saturated heterocycles. The first kappa shape index (κ1) is 16.0. The van der Waals surface area contributed by atoms with E-state index < -0.39 is 0 Å². The Hall–Kier alpha value is -2.53. The van der Waals surface area contributed by atoms with Crippen LogP contribution in [-0.4, -0.2) is 46.0 Å². The second-order valence-corrected chi connectivity index (χ2v) is 6.61. The van der Waals surface area contributed by atoms with Gasteiger partial charge >= 0.3 is 0 Å². The Labute approximate surface area is 148 Å². The number of nitrogens with zero attached hydrogens (tertiary/aromatic N) is 5. The Kier molecular flexibility index (Phi) is 4.32. The SMILES string of the molecule is Cc1nc(N2CCN(C(C)c3cccnc3)CC2)nc2ccccc12. The minimum absolute atomic E-state index is 0.384. The molecule has 3 heterocycles. The monoisotopic (exact) mass is 333 g/mol. The van der Waals surface area contributed by atoms with E-state index in [-0.39, 0.29) is 0 Å². The Morgan fingerprint density at radius 1 is 0.960 bits per heavy atom. The summed E-state index contributed by atoms with van der Waals surface area (Å²) in [6, 6.07) is 12.8. The van der Waals surface area contributed by atoms with Crippen LogP contribution in [0.25, 0.3) is 10.9 Å². The summed E-state index contributed by atoms with van der Waals surface area (Å²) in [5.41, 5.74) is 3.34. The average molecular weight is 333 g/mol. The van der Waals surface area contributed by atoms with Gasteiger partial charge in [-0.05, 0) is 31.5 Å². The van der Waals surface area contributed by atoms with Gasteiger partial charge in [0.2, 0.25) is 5.95 Å². The molecule has 3 aromatic rings. The molecule has 1 aliphatic rings. The number of hydrogen-bond acceptors (Lipinski definition) is 5. The predicted octanol–water partition coefficient (Wildman–Crippen LogP) is 3.22. The molecule has 1 aromatic carbocycles. The van der Waals surface area contributed by atoms with Gasteiger partial charge in [-0.1, -0.05) is 24.3 Å². The third-order valence-electron chi connectivity index (χ3n) is 5.09. The summed E-state index contributed by atoms with van der Waals surface area (Å²) >= 11 is 0. The van der Waals surface area contributed by atoms with Crippen molar-refractivity contribution < 1.29 is 0 Å². The molecule has 1 atom stereocenters. The van der Waals surface area contributed by atoms with Crippen molar-refractivity contribution in [1.82, 2.24) is 19.9 Å². The van der Waals surface area contributed by atoms with Gasteiger partial charge in [-0.2, -0.15) is 0 Å². The van der Waals surface area contributed by atoms with Crippen LogP contribution in [0.3, 0.4) is 0 Å². The van der Waals surface area contributed by atoms with Crippen LogP contribution >= 0.6 is 0 Å². The third kappa shape index (κ3) is 3.20. The summed E-state index contributed by atoms with van der Waals surface area (Å²) in [6.07, 6.45) is 3.79. The van der Waals surface area contributed by atoms with Crippen LogP contribution in [0.15, 0.2) is 48.8 Å². The maximum absolute atomic E-state index is 4.77. The zero-order valence-corrected chi connectivity index (χ0v) is 14.8. The summed E-state index contributed by atoms with van der Waals surface area (Å²) in [4.78, 5) is 18.6. The number of hydrogen-bond donors (Lipinski definition) is 0. The second-order valence-electron chi connectivity index (χ2n) is 6.61. The quantitative estimate of drug-likeness (QED) is 0.736. The Bertz CT molecular complexity index is 856.